The molecular weight excluding hydrogens is 222 g/mol. The molecule has 0 atom stereocenters. The fraction of sp³-hybridized carbons (Fsp3) is 0.625. The fourth-order valence-electron chi connectivity index (χ4n) is 3.26. The molecule has 0 spiro atoms. The van der Waals surface area contributed by atoms with Crippen LogP contribution in [0.15, 0.2) is 12.1 Å². The Kier molecular flexibility index (Phi) is 4.28. The van der Waals surface area contributed by atoms with E-state index in [2.05, 4.69) is 38.3 Å². The van der Waals surface area contributed by atoms with E-state index in [1.54, 1.807) is 7.11 Å². The number of rotatable bonds is 3. The molecule has 2 rings (SSSR count). The largest absolute Gasteiger partial charge is 0.496 e. The first-order valence-electron chi connectivity index (χ1n) is 6.98. The maximum Gasteiger partial charge on any atom is 0.125 e. The van der Waals surface area contributed by atoms with Crippen molar-refractivity contribution in [2.24, 2.45) is 0 Å². The summed E-state index contributed by atoms with van der Waals surface area (Å²) in [5.74, 6) is 1.77. The first-order chi connectivity index (χ1) is 8.65. The van der Waals surface area contributed by atoms with Crippen LogP contribution in [0, 0.1) is 13.8 Å². The second-order valence-electron chi connectivity index (χ2n) is 5.54. The van der Waals surface area contributed by atoms with Gasteiger partial charge in [0, 0.05) is 6.04 Å². The zero-order valence-corrected chi connectivity index (χ0v) is 12.0. The molecule has 1 aromatic carbocycles. The molecule has 1 fully saturated rings. The van der Waals surface area contributed by atoms with Crippen molar-refractivity contribution >= 4 is 0 Å². The third kappa shape index (κ3) is 2.69. The van der Waals surface area contributed by atoms with E-state index < -0.39 is 0 Å². The minimum absolute atomic E-state index is 0.670. The van der Waals surface area contributed by atoms with Gasteiger partial charge in [-0.2, -0.15) is 0 Å². The van der Waals surface area contributed by atoms with Crippen LogP contribution in [-0.4, -0.2) is 20.2 Å². The zero-order valence-electron chi connectivity index (χ0n) is 12.0. The summed E-state index contributed by atoms with van der Waals surface area (Å²) >= 11 is 0. The predicted octanol–water partition coefficient (Wildman–Crippen LogP) is 3.56. The first-order valence-corrected chi connectivity index (χ1v) is 6.98. The van der Waals surface area contributed by atoms with Crippen molar-refractivity contribution < 1.29 is 4.74 Å². The van der Waals surface area contributed by atoms with Gasteiger partial charge in [-0.1, -0.05) is 17.7 Å². The highest BCUT2D eigenvalue weighted by atomic mass is 16.5. The lowest BCUT2D eigenvalue weighted by Crippen LogP contribution is -2.29. The van der Waals surface area contributed by atoms with Crippen LogP contribution in [0.25, 0.3) is 0 Å². The van der Waals surface area contributed by atoms with Crippen LogP contribution in [0.5, 0.6) is 5.75 Å². The van der Waals surface area contributed by atoms with E-state index in [9.17, 15) is 0 Å². The maximum absolute atomic E-state index is 5.62. The van der Waals surface area contributed by atoms with Crippen molar-refractivity contribution in [2.75, 3.05) is 14.2 Å². The van der Waals surface area contributed by atoms with Gasteiger partial charge in [0.2, 0.25) is 0 Å². The van der Waals surface area contributed by atoms with E-state index >= 15 is 0 Å². The Balaban J connectivity index is 2.23. The van der Waals surface area contributed by atoms with Crippen LogP contribution in [0.4, 0.5) is 0 Å². The molecule has 0 heterocycles. The number of benzene rings is 1. The average molecular weight is 247 g/mol. The standard InChI is InChI=1S/C16H25NO/c1-11-9-12(2)16(18-4)15(10-11)13-5-7-14(17-3)8-6-13/h9-10,13-14,17H,5-8H2,1-4H3. The van der Waals surface area contributed by atoms with E-state index in [-0.39, 0.29) is 0 Å². The maximum atomic E-state index is 5.62. The third-order valence-corrected chi connectivity index (χ3v) is 4.23. The van der Waals surface area contributed by atoms with Gasteiger partial charge in [-0.3, -0.25) is 0 Å². The molecule has 1 aliphatic rings. The molecule has 0 saturated heterocycles. The van der Waals surface area contributed by atoms with Crippen molar-refractivity contribution in [3.63, 3.8) is 0 Å². The Morgan fingerprint density at radius 3 is 2.33 bits per heavy atom. The molecule has 0 amide bonds. The Hall–Kier alpha value is -1.02. The molecule has 1 aliphatic carbocycles. The molecule has 100 valence electrons. The number of ether oxygens (including phenoxy) is 1. The Bertz CT molecular complexity index is 406. The minimum atomic E-state index is 0.670. The highest BCUT2D eigenvalue weighted by Crippen LogP contribution is 2.39. The summed E-state index contributed by atoms with van der Waals surface area (Å²) in [5.41, 5.74) is 4.03. The topological polar surface area (TPSA) is 21.3 Å². The fourth-order valence-corrected chi connectivity index (χ4v) is 3.26. The lowest BCUT2D eigenvalue weighted by molar-refractivity contribution is 0.345. The quantitative estimate of drug-likeness (QED) is 0.882. The number of hydrogen-bond acceptors (Lipinski definition) is 2. The number of nitrogens with one attached hydrogen (secondary N) is 1. The van der Waals surface area contributed by atoms with Crippen molar-refractivity contribution in [3.8, 4) is 5.75 Å². The van der Waals surface area contributed by atoms with E-state index in [1.807, 2.05) is 0 Å². The van der Waals surface area contributed by atoms with E-state index in [0.29, 0.717) is 12.0 Å². The van der Waals surface area contributed by atoms with Crippen LogP contribution < -0.4 is 10.1 Å². The smallest absolute Gasteiger partial charge is 0.125 e. The molecule has 2 heteroatoms. The number of hydrogen-bond donors (Lipinski definition) is 1. The third-order valence-electron chi connectivity index (χ3n) is 4.23. The predicted molar refractivity (Wildman–Crippen MR) is 76.5 cm³/mol. The molecule has 1 N–H and O–H groups in total. The summed E-state index contributed by atoms with van der Waals surface area (Å²) in [5, 5.41) is 3.40. The molecule has 18 heavy (non-hydrogen) atoms. The summed E-state index contributed by atoms with van der Waals surface area (Å²) in [7, 11) is 3.86. The molecule has 1 saturated carbocycles. The Morgan fingerprint density at radius 2 is 1.78 bits per heavy atom. The van der Waals surface area contributed by atoms with Gasteiger partial charge < -0.3 is 10.1 Å². The minimum Gasteiger partial charge on any atom is -0.496 e. The van der Waals surface area contributed by atoms with Crippen molar-refractivity contribution in [1.82, 2.24) is 5.32 Å². The second-order valence-corrected chi connectivity index (χ2v) is 5.54. The average Bonchev–Trinajstić information content (AvgIpc) is 2.38. The normalized spacial score (nSPS) is 24.0. The van der Waals surface area contributed by atoms with Gasteiger partial charge in [0.15, 0.2) is 0 Å². The molecule has 0 unspecified atom stereocenters. The monoisotopic (exact) mass is 247 g/mol. The highest BCUT2D eigenvalue weighted by molar-refractivity contribution is 5.45. The van der Waals surface area contributed by atoms with Gasteiger partial charge in [0.1, 0.15) is 5.75 Å². The van der Waals surface area contributed by atoms with Gasteiger partial charge >= 0.3 is 0 Å². The summed E-state index contributed by atoms with van der Waals surface area (Å²) < 4.78 is 5.62. The van der Waals surface area contributed by atoms with Crippen molar-refractivity contribution in [2.45, 2.75) is 51.5 Å². The van der Waals surface area contributed by atoms with Crippen LogP contribution in [0.1, 0.15) is 48.3 Å². The summed E-state index contributed by atoms with van der Waals surface area (Å²) in [4.78, 5) is 0. The SMILES string of the molecule is CNC1CCC(c2cc(C)cc(C)c2OC)CC1. The van der Waals surface area contributed by atoms with Crippen LogP contribution in [0.2, 0.25) is 0 Å². The molecule has 0 aromatic heterocycles. The summed E-state index contributed by atoms with van der Waals surface area (Å²) in [6.07, 6.45) is 5.09. The lowest BCUT2D eigenvalue weighted by atomic mass is 9.80. The zero-order chi connectivity index (χ0) is 13.1. The number of aryl methyl sites for hydroxylation is 2. The summed E-state index contributed by atoms with van der Waals surface area (Å²) in [6.45, 7) is 4.32. The lowest BCUT2D eigenvalue weighted by Gasteiger charge is -2.30. The van der Waals surface area contributed by atoms with E-state index in [1.165, 1.54) is 42.4 Å². The second kappa shape index (κ2) is 5.75. The van der Waals surface area contributed by atoms with Gasteiger partial charge in [0.25, 0.3) is 0 Å². The van der Waals surface area contributed by atoms with E-state index in [4.69, 9.17) is 4.74 Å². The van der Waals surface area contributed by atoms with Crippen molar-refractivity contribution in [1.29, 1.82) is 0 Å². The van der Waals surface area contributed by atoms with E-state index in [0.717, 1.165) is 5.75 Å². The Morgan fingerprint density at radius 1 is 1.11 bits per heavy atom. The Labute approximate surface area is 111 Å². The van der Waals surface area contributed by atoms with Gasteiger partial charge in [-0.25, -0.2) is 0 Å². The highest BCUT2D eigenvalue weighted by Gasteiger charge is 2.24. The van der Waals surface area contributed by atoms with Crippen LogP contribution >= 0.6 is 0 Å². The van der Waals surface area contributed by atoms with Crippen LogP contribution in [0.3, 0.4) is 0 Å². The molecule has 0 bridgehead atoms. The number of methoxy groups -OCH3 is 1. The van der Waals surface area contributed by atoms with Gasteiger partial charge in [0.05, 0.1) is 7.11 Å². The van der Waals surface area contributed by atoms with Crippen molar-refractivity contribution in [3.05, 3.63) is 28.8 Å². The molecular formula is C16H25NO. The molecule has 0 aliphatic heterocycles. The van der Waals surface area contributed by atoms with Gasteiger partial charge in [-0.05, 0) is 63.6 Å². The van der Waals surface area contributed by atoms with Gasteiger partial charge in [-0.15, -0.1) is 0 Å². The molecule has 0 radical (unpaired) electrons. The molecule has 2 nitrogen and oxygen atoms in total. The van der Waals surface area contributed by atoms with Crippen LogP contribution in [-0.2, 0) is 0 Å². The first kappa shape index (κ1) is 13.4. The summed E-state index contributed by atoms with van der Waals surface area (Å²) in [6, 6.07) is 5.23. The molecule has 1 aromatic rings.